The van der Waals surface area contributed by atoms with E-state index in [1.807, 2.05) is 18.1 Å². The van der Waals surface area contributed by atoms with Crippen LogP contribution in [0.5, 0.6) is 0 Å². The molecule has 0 aromatic carbocycles. The Balaban J connectivity index is 1.46. The smallest absolute Gasteiger partial charge is 0.227 e. The van der Waals surface area contributed by atoms with Gasteiger partial charge >= 0.3 is 0 Å². The van der Waals surface area contributed by atoms with Crippen molar-refractivity contribution in [3.05, 3.63) is 35.6 Å². The van der Waals surface area contributed by atoms with Crippen molar-refractivity contribution in [1.29, 1.82) is 0 Å². The number of aliphatic hydroxyl groups excluding tert-OH is 1. The van der Waals surface area contributed by atoms with Crippen LogP contribution in [-0.2, 0) is 19.0 Å². The number of carbonyl (C=O) groups excluding carboxylic acids is 1. The molecule has 8 nitrogen and oxygen atoms in total. The van der Waals surface area contributed by atoms with Crippen LogP contribution >= 0.6 is 0 Å². The molecule has 8 heteroatoms. The van der Waals surface area contributed by atoms with E-state index in [0.717, 1.165) is 51.7 Å². The lowest BCUT2D eigenvalue weighted by Crippen LogP contribution is -2.51. The minimum absolute atomic E-state index is 0.0128. The highest BCUT2D eigenvalue weighted by Crippen LogP contribution is 2.38. The van der Waals surface area contributed by atoms with Crippen LogP contribution in [0.3, 0.4) is 0 Å². The number of hydrogen-bond acceptors (Lipinski definition) is 7. The Labute approximate surface area is 222 Å². The van der Waals surface area contributed by atoms with Gasteiger partial charge < -0.3 is 34.4 Å². The lowest BCUT2D eigenvalue weighted by Gasteiger charge is -2.41. The van der Waals surface area contributed by atoms with Gasteiger partial charge in [-0.05, 0) is 74.3 Å². The summed E-state index contributed by atoms with van der Waals surface area (Å²) in [5, 5.41) is 13.9. The molecule has 0 spiro atoms. The number of nitrogens with one attached hydrogen (secondary N) is 1. The van der Waals surface area contributed by atoms with Gasteiger partial charge in [-0.1, -0.05) is 18.2 Å². The van der Waals surface area contributed by atoms with E-state index in [1.165, 1.54) is 11.1 Å². The van der Waals surface area contributed by atoms with Crippen molar-refractivity contribution >= 4 is 5.91 Å². The monoisotopic (exact) mass is 517 g/mol. The second-order valence-corrected chi connectivity index (χ2v) is 11.1. The van der Waals surface area contributed by atoms with E-state index < -0.39 is 6.23 Å². The fourth-order valence-electron chi connectivity index (χ4n) is 6.02. The Bertz CT molecular complexity index is 839. The van der Waals surface area contributed by atoms with Gasteiger partial charge in [0, 0.05) is 53.4 Å². The Morgan fingerprint density at radius 1 is 1.19 bits per heavy atom. The SMILES string of the molecule is COCCCC1=C[C@H](OCCOC)CC(CN(C(=O)[C@H]2CNCC[C@@H]2[C@H]2C=CN(C)[C@@H](O)C2)C2CC2)=C1. The van der Waals surface area contributed by atoms with E-state index >= 15 is 0 Å². The topological polar surface area (TPSA) is 83.5 Å². The summed E-state index contributed by atoms with van der Waals surface area (Å²) in [4.78, 5) is 18.1. The van der Waals surface area contributed by atoms with E-state index in [1.54, 1.807) is 14.2 Å². The number of hydrogen-bond donors (Lipinski definition) is 2. The minimum Gasteiger partial charge on any atom is -0.385 e. The molecule has 1 amide bonds. The third kappa shape index (κ3) is 7.90. The maximum absolute atomic E-state index is 14.1. The number of rotatable bonds is 13. The van der Waals surface area contributed by atoms with Gasteiger partial charge in [0.05, 0.1) is 25.2 Å². The van der Waals surface area contributed by atoms with E-state index in [-0.39, 0.29) is 29.8 Å². The summed E-state index contributed by atoms with van der Waals surface area (Å²) >= 11 is 0. The average Bonchev–Trinajstić information content (AvgIpc) is 3.74. The van der Waals surface area contributed by atoms with Crippen LogP contribution in [0, 0.1) is 17.8 Å². The van der Waals surface area contributed by atoms with E-state index in [4.69, 9.17) is 14.2 Å². The largest absolute Gasteiger partial charge is 0.385 e. The molecule has 0 aromatic heterocycles. The molecule has 1 saturated heterocycles. The number of ether oxygens (including phenoxy) is 3. The van der Waals surface area contributed by atoms with Crippen molar-refractivity contribution in [3.63, 3.8) is 0 Å². The third-order valence-corrected chi connectivity index (χ3v) is 8.25. The number of methoxy groups -OCH3 is 2. The molecular formula is C29H47N3O5. The predicted molar refractivity (Wildman–Crippen MR) is 144 cm³/mol. The Morgan fingerprint density at radius 3 is 2.73 bits per heavy atom. The van der Waals surface area contributed by atoms with Crippen molar-refractivity contribution < 1.29 is 24.1 Å². The summed E-state index contributed by atoms with van der Waals surface area (Å²) in [6.45, 7) is 4.18. The second kappa shape index (κ2) is 13.9. The molecular weight excluding hydrogens is 470 g/mol. The van der Waals surface area contributed by atoms with Crippen LogP contribution in [0.4, 0.5) is 0 Å². The van der Waals surface area contributed by atoms with E-state index in [9.17, 15) is 9.90 Å². The van der Waals surface area contributed by atoms with E-state index in [2.05, 4.69) is 28.4 Å². The van der Waals surface area contributed by atoms with Crippen LogP contribution in [0.15, 0.2) is 35.6 Å². The van der Waals surface area contributed by atoms with Gasteiger partial charge in [0.2, 0.25) is 5.91 Å². The molecule has 0 radical (unpaired) electrons. The summed E-state index contributed by atoms with van der Waals surface area (Å²) in [7, 11) is 5.33. The number of carbonyl (C=O) groups is 1. The molecule has 4 rings (SSSR count). The maximum Gasteiger partial charge on any atom is 0.227 e. The Kier molecular flexibility index (Phi) is 10.6. The molecule has 2 aliphatic heterocycles. The molecule has 0 unspecified atom stereocenters. The first-order chi connectivity index (χ1) is 18.0. The van der Waals surface area contributed by atoms with Crippen LogP contribution in [0.1, 0.15) is 44.9 Å². The number of nitrogens with zero attached hydrogens (tertiary/aromatic N) is 2. The fourth-order valence-corrected chi connectivity index (χ4v) is 6.02. The molecule has 2 N–H and O–H groups in total. The zero-order valence-electron chi connectivity index (χ0n) is 22.9. The van der Waals surface area contributed by atoms with Gasteiger partial charge in [-0.15, -0.1) is 0 Å². The molecule has 2 fully saturated rings. The first-order valence-corrected chi connectivity index (χ1v) is 14.1. The molecule has 4 aliphatic rings. The van der Waals surface area contributed by atoms with Crippen molar-refractivity contribution in [2.75, 3.05) is 60.7 Å². The van der Waals surface area contributed by atoms with Crippen molar-refractivity contribution in [1.82, 2.24) is 15.1 Å². The van der Waals surface area contributed by atoms with Gasteiger partial charge in [-0.2, -0.15) is 0 Å². The molecule has 2 heterocycles. The highest BCUT2D eigenvalue weighted by atomic mass is 16.5. The van der Waals surface area contributed by atoms with Gasteiger partial charge in [-0.25, -0.2) is 0 Å². The Hall–Kier alpha value is -1.71. The normalized spacial score (nSPS) is 30.2. The summed E-state index contributed by atoms with van der Waals surface area (Å²) in [6, 6.07) is 0.338. The van der Waals surface area contributed by atoms with Gasteiger partial charge in [0.1, 0.15) is 6.23 Å². The molecule has 2 aliphatic carbocycles. The Morgan fingerprint density at radius 2 is 2.00 bits per heavy atom. The summed E-state index contributed by atoms with van der Waals surface area (Å²) in [6.07, 6.45) is 14.8. The van der Waals surface area contributed by atoms with E-state index in [0.29, 0.717) is 38.8 Å². The fraction of sp³-hybridized carbons (Fsp3) is 0.759. The van der Waals surface area contributed by atoms with Crippen LogP contribution < -0.4 is 5.32 Å². The van der Waals surface area contributed by atoms with Gasteiger partial charge in [0.25, 0.3) is 0 Å². The molecule has 5 atom stereocenters. The maximum atomic E-state index is 14.1. The molecule has 1 saturated carbocycles. The number of piperidine rings is 1. The highest BCUT2D eigenvalue weighted by molar-refractivity contribution is 5.80. The lowest BCUT2D eigenvalue weighted by atomic mass is 9.74. The molecule has 0 aromatic rings. The summed E-state index contributed by atoms with van der Waals surface area (Å²) < 4.78 is 16.6. The second-order valence-electron chi connectivity index (χ2n) is 11.1. The summed E-state index contributed by atoms with van der Waals surface area (Å²) in [5.74, 6) is 0.694. The first-order valence-electron chi connectivity index (χ1n) is 14.1. The predicted octanol–water partition coefficient (Wildman–Crippen LogP) is 2.70. The zero-order chi connectivity index (χ0) is 26.2. The standard InChI is InChI=1S/C29H47N3O5/c1-31-11-9-23(18-28(31)33)26-8-10-30-19-27(26)29(34)32(24-6-7-24)20-22-15-21(5-4-12-35-2)16-25(17-22)37-14-13-36-3/h9,11,15-16,23-28,30,33H,4-8,10,12-14,17-20H2,1-3H3/t23-,25-,26+,27-,28-/m0/s1. The molecule has 37 heavy (non-hydrogen) atoms. The minimum atomic E-state index is -0.481. The number of aliphatic hydroxyl groups is 1. The molecule has 0 bridgehead atoms. The van der Waals surface area contributed by atoms with Crippen LogP contribution in [-0.4, -0.2) is 99.9 Å². The quantitative estimate of drug-likeness (QED) is 0.364. The van der Waals surface area contributed by atoms with Crippen molar-refractivity contribution in [3.8, 4) is 0 Å². The van der Waals surface area contributed by atoms with Crippen molar-refractivity contribution in [2.45, 2.75) is 63.3 Å². The first kappa shape index (κ1) is 28.3. The lowest BCUT2D eigenvalue weighted by molar-refractivity contribution is -0.139. The number of allylic oxidation sites excluding steroid dienone is 3. The zero-order valence-corrected chi connectivity index (χ0v) is 22.9. The van der Waals surface area contributed by atoms with Crippen LogP contribution in [0.2, 0.25) is 0 Å². The average molecular weight is 518 g/mol. The van der Waals surface area contributed by atoms with Gasteiger partial charge in [0.15, 0.2) is 0 Å². The van der Waals surface area contributed by atoms with Crippen molar-refractivity contribution in [2.24, 2.45) is 17.8 Å². The molecule has 208 valence electrons. The number of amides is 1. The van der Waals surface area contributed by atoms with Gasteiger partial charge in [-0.3, -0.25) is 4.79 Å². The third-order valence-electron chi connectivity index (χ3n) is 8.25. The highest BCUT2D eigenvalue weighted by Gasteiger charge is 2.42. The summed E-state index contributed by atoms with van der Waals surface area (Å²) in [5.41, 5.74) is 2.54. The van der Waals surface area contributed by atoms with Crippen LogP contribution in [0.25, 0.3) is 0 Å².